The van der Waals surface area contributed by atoms with E-state index in [4.69, 9.17) is 0 Å². The number of allylic oxidation sites excluding steroid dienone is 2. The summed E-state index contributed by atoms with van der Waals surface area (Å²) in [6.45, 7) is 9.30. The standard InChI is InChI=1S/C10H11NS/c1-4-6-7-10-9(5-2)11-8(3)12-10/h4-7H,1-2H2,3H3/b7-6-. The molecule has 0 saturated carbocycles. The fourth-order valence-electron chi connectivity index (χ4n) is 0.880. The van der Waals surface area contributed by atoms with Crippen LogP contribution in [0.25, 0.3) is 12.2 Å². The molecule has 0 atom stereocenters. The van der Waals surface area contributed by atoms with Gasteiger partial charge in [0.15, 0.2) is 0 Å². The second-order valence-corrected chi connectivity index (χ2v) is 3.52. The van der Waals surface area contributed by atoms with E-state index < -0.39 is 0 Å². The molecule has 1 nitrogen and oxygen atoms in total. The van der Waals surface area contributed by atoms with Crippen molar-refractivity contribution in [3.8, 4) is 0 Å². The Labute approximate surface area is 76.8 Å². The molecule has 1 rings (SSSR count). The average Bonchev–Trinajstić information content (AvgIpc) is 2.42. The minimum absolute atomic E-state index is 0.954. The van der Waals surface area contributed by atoms with E-state index >= 15 is 0 Å². The van der Waals surface area contributed by atoms with Crippen molar-refractivity contribution in [2.45, 2.75) is 6.92 Å². The molecule has 0 aliphatic carbocycles. The Hall–Kier alpha value is -1.15. The monoisotopic (exact) mass is 177 g/mol. The Morgan fingerprint density at radius 3 is 2.75 bits per heavy atom. The maximum absolute atomic E-state index is 4.30. The molecule has 0 amide bonds. The Bertz CT molecular complexity index is 321. The lowest BCUT2D eigenvalue weighted by atomic mass is 10.3. The summed E-state index contributed by atoms with van der Waals surface area (Å²) in [4.78, 5) is 5.44. The van der Waals surface area contributed by atoms with Crippen LogP contribution in [0.1, 0.15) is 15.6 Å². The van der Waals surface area contributed by atoms with Crippen LogP contribution in [0.4, 0.5) is 0 Å². The summed E-state index contributed by atoms with van der Waals surface area (Å²) >= 11 is 1.66. The maximum atomic E-state index is 4.30. The van der Waals surface area contributed by atoms with E-state index in [-0.39, 0.29) is 0 Å². The van der Waals surface area contributed by atoms with Crippen molar-refractivity contribution in [3.05, 3.63) is 40.9 Å². The summed E-state index contributed by atoms with van der Waals surface area (Å²) < 4.78 is 0. The van der Waals surface area contributed by atoms with Gasteiger partial charge in [-0.05, 0) is 19.1 Å². The van der Waals surface area contributed by atoms with E-state index in [1.54, 1.807) is 23.5 Å². The van der Waals surface area contributed by atoms with Gasteiger partial charge in [0, 0.05) is 0 Å². The summed E-state index contributed by atoms with van der Waals surface area (Å²) in [5, 5.41) is 1.06. The number of aromatic nitrogens is 1. The normalized spacial score (nSPS) is 10.4. The first-order valence-corrected chi connectivity index (χ1v) is 4.48. The molecule has 1 aromatic heterocycles. The summed E-state index contributed by atoms with van der Waals surface area (Å²) in [6.07, 6.45) is 7.42. The predicted octanol–water partition coefficient (Wildman–Crippen LogP) is 3.29. The van der Waals surface area contributed by atoms with Gasteiger partial charge in [-0.2, -0.15) is 0 Å². The number of rotatable bonds is 3. The van der Waals surface area contributed by atoms with Crippen molar-refractivity contribution in [2.24, 2.45) is 0 Å². The van der Waals surface area contributed by atoms with Crippen LogP contribution in [0.15, 0.2) is 25.3 Å². The number of nitrogens with zero attached hydrogens (tertiary/aromatic N) is 1. The highest BCUT2D eigenvalue weighted by Crippen LogP contribution is 2.20. The molecule has 0 radical (unpaired) electrons. The summed E-state index contributed by atoms with van der Waals surface area (Å²) in [5.41, 5.74) is 0.954. The maximum Gasteiger partial charge on any atom is 0.0907 e. The first-order valence-electron chi connectivity index (χ1n) is 3.67. The van der Waals surface area contributed by atoms with Crippen molar-refractivity contribution in [3.63, 3.8) is 0 Å². The zero-order chi connectivity index (χ0) is 8.97. The molecule has 2 heteroatoms. The van der Waals surface area contributed by atoms with Gasteiger partial charge in [-0.15, -0.1) is 11.3 Å². The van der Waals surface area contributed by atoms with Gasteiger partial charge in [-0.25, -0.2) is 4.98 Å². The van der Waals surface area contributed by atoms with Crippen molar-refractivity contribution >= 4 is 23.5 Å². The second-order valence-electron chi connectivity index (χ2n) is 2.28. The minimum Gasteiger partial charge on any atom is -0.242 e. The third-order valence-electron chi connectivity index (χ3n) is 1.37. The molecule has 0 N–H and O–H groups in total. The van der Waals surface area contributed by atoms with E-state index in [2.05, 4.69) is 18.1 Å². The van der Waals surface area contributed by atoms with E-state index in [0.717, 1.165) is 15.6 Å². The van der Waals surface area contributed by atoms with Crippen LogP contribution in [0, 0.1) is 6.92 Å². The van der Waals surface area contributed by atoms with Gasteiger partial charge < -0.3 is 0 Å². The highest BCUT2D eigenvalue weighted by molar-refractivity contribution is 7.12. The zero-order valence-corrected chi connectivity index (χ0v) is 7.90. The lowest BCUT2D eigenvalue weighted by Gasteiger charge is -1.85. The molecule has 0 unspecified atom stereocenters. The molecule has 12 heavy (non-hydrogen) atoms. The van der Waals surface area contributed by atoms with Crippen LogP contribution in [0.2, 0.25) is 0 Å². The average molecular weight is 177 g/mol. The summed E-state index contributed by atoms with van der Waals surface area (Å²) in [5.74, 6) is 0. The first-order chi connectivity index (χ1) is 5.77. The third kappa shape index (κ3) is 1.92. The van der Waals surface area contributed by atoms with Gasteiger partial charge in [0.2, 0.25) is 0 Å². The highest BCUT2D eigenvalue weighted by Gasteiger charge is 2.00. The van der Waals surface area contributed by atoms with Gasteiger partial charge in [0.25, 0.3) is 0 Å². The molecule has 0 fully saturated rings. The molecule has 1 aromatic rings. The van der Waals surface area contributed by atoms with E-state index in [1.807, 2.05) is 19.1 Å². The molecule has 0 bridgehead atoms. The molecule has 0 spiro atoms. The van der Waals surface area contributed by atoms with Crippen molar-refractivity contribution in [1.82, 2.24) is 4.98 Å². The third-order valence-corrected chi connectivity index (χ3v) is 2.32. The van der Waals surface area contributed by atoms with E-state index in [0.29, 0.717) is 0 Å². The number of hydrogen-bond acceptors (Lipinski definition) is 2. The van der Waals surface area contributed by atoms with Crippen molar-refractivity contribution in [1.29, 1.82) is 0 Å². The lowest BCUT2D eigenvalue weighted by molar-refractivity contribution is 1.27. The SMILES string of the molecule is C=C/C=C\c1sc(C)nc1C=C. The van der Waals surface area contributed by atoms with Gasteiger partial charge >= 0.3 is 0 Å². The molecule has 0 aliphatic heterocycles. The van der Waals surface area contributed by atoms with Gasteiger partial charge in [0.05, 0.1) is 15.6 Å². The summed E-state index contributed by atoms with van der Waals surface area (Å²) in [6, 6.07) is 0. The minimum atomic E-state index is 0.954. The number of hydrogen-bond donors (Lipinski definition) is 0. The zero-order valence-electron chi connectivity index (χ0n) is 7.08. The Morgan fingerprint density at radius 1 is 1.42 bits per heavy atom. The smallest absolute Gasteiger partial charge is 0.0907 e. The van der Waals surface area contributed by atoms with Gasteiger partial charge in [-0.1, -0.05) is 25.3 Å². The molecule has 62 valence electrons. The van der Waals surface area contributed by atoms with Crippen LogP contribution in [0.3, 0.4) is 0 Å². The van der Waals surface area contributed by atoms with E-state index in [1.165, 1.54) is 0 Å². The fraction of sp³-hybridized carbons (Fsp3) is 0.100. The topological polar surface area (TPSA) is 12.9 Å². The Morgan fingerprint density at radius 2 is 2.17 bits per heavy atom. The molecule has 1 heterocycles. The van der Waals surface area contributed by atoms with Crippen LogP contribution < -0.4 is 0 Å². The van der Waals surface area contributed by atoms with Gasteiger partial charge in [0.1, 0.15) is 0 Å². The van der Waals surface area contributed by atoms with Crippen LogP contribution in [-0.4, -0.2) is 4.98 Å². The largest absolute Gasteiger partial charge is 0.242 e. The van der Waals surface area contributed by atoms with Gasteiger partial charge in [-0.3, -0.25) is 0 Å². The Balaban J connectivity index is 3.04. The molecule has 0 saturated heterocycles. The first kappa shape index (κ1) is 8.94. The van der Waals surface area contributed by atoms with E-state index in [9.17, 15) is 0 Å². The highest BCUT2D eigenvalue weighted by atomic mass is 32.1. The number of thiazole rings is 1. The van der Waals surface area contributed by atoms with Crippen molar-refractivity contribution < 1.29 is 0 Å². The van der Waals surface area contributed by atoms with Crippen LogP contribution in [-0.2, 0) is 0 Å². The Kier molecular flexibility index (Phi) is 3.00. The molecular formula is C10H11NS. The quantitative estimate of drug-likeness (QED) is 0.645. The number of aryl methyl sites for hydroxylation is 1. The fourth-order valence-corrected chi connectivity index (χ4v) is 1.72. The van der Waals surface area contributed by atoms with Crippen molar-refractivity contribution in [2.75, 3.05) is 0 Å². The van der Waals surface area contributed by atoms with Crippen LogP contribution in [0.5, 0.6) is 0 Å². The molecular weight excluding hydrogens is 166 g/mol. The summed E-state index contributed by atoms with van der Waals surface area (Å²) in [7, 11) is 0. The lowest BCUT2D eigenvalue weighted by Crippen LogP contribution is -1.73. The predicted molar refractivity (Wildman–Crippen MR) is 56.2 cm³/mol. The second kappa shape index (κ2) is 4.02. The molecule has 0 aliphatic rings. The molecule has 0 aromatic carbocycles. The van der Waals surface area contributed by atoms with Crippen LogP contribution >= 0.6 is 11.3 Å².